The summed E-state index contributed by atoms with van der Waals surface area (Å²) < 4.78 is 0. The van der Waals surface area contributed by atoms with Crippen LogP contribution in [0.4, 0.5) is 0 Å². The third-order valence-electron chi connectivity index (χ3n) is 4.15. The molecule has 0 radical (unpaired) electrons. The summed E-state index contributed by atoms with van der Waals surface area (Å²) in [5.74, 6) is 0.135. The van der Waals surface area contributed by atoms with E-state index in [0.29, 0.717) is 29.2 Å². The summed E-state index contributed by atoms with van der Waals surface area (Å²) in [7, 11) is 0. The standard InChI is InChI=1S/C16H17ClN2O2/c1-10-6-8-19(9-14(10)20)16(21)12-4-5-13(17)11-3-2-7-18-15(11)12/h2-5,7,10,14,20H,6,8-9H2,1H3. The van der Waals surface area contributed by atoms with Gasteiger partial charge < -0.3 is 10.0 Å². The van der Waals surface area contributed by atoms with Gasteiger partial charge in [0, 0.05) is 24.7 Å². The molecule has 1 aromatic heterocycles. The number of amides is 1. The quantitative estimate of drug-likeness (QED) is 0.881. The number of aliphatic hydroxyl groups excluding tert-OH is 1. The fourth-order valence-electron chi connectivity index (χ4n) is 2.71. The summed E-state index contributed by atoms with van der Waals surface area (Å²) >= 11 is 6.16. The molecule has 5 heteroatoms. The minimum absolute atomic E-state index is 0.0960. The van der Waals surface area contributed by atoms with Crippen LogP contribution in [-0.2, 0) is 0 Å². The van der Waals surface area contributed by atoms with Gasteiger partial charge in [-0.05, 0) is 36.6 Å². The minimum Gasteiger partial charge on any atom is -0.391 e. The molecular weight excluding hydrogens is 288 g/mol. The molecule has 1 aromatic carbocycles. The van der Waals surface area contributed by atoms with E-state index in [1.807, 2.05) is 13.0 Å². The Morgan fingerprint density at radius 1 is 1.43 bits per heavy atom. The number of benzene rings is 1. The van der Waals surface area contributed by atoms with E-state index in [-0.39, 0.29) is 11.8 Å². The highest BCUT2D eigenvalue weighted by Gasteiger charge is 2.28. The monoisotopic (exact) mass is 304 g/mol. The fourth-order valence-corrected chi connectivity index (χ4v) is 2.93. The number of rotatable bonds is 1. The first-order chi connectivity index (χ1) is 10.1. The van der Waals surface area contributed by atoms with E-state index >= 15 is 0 Å². The Morgan fingerprint density at radius 3 is 3.00 bits per heavy atom. The van der Waals surface area contributed by atoms with Crippen molar-refractivity contribution < 1.29 is 9.90 Å². The van der Waals surface area contributed by atoms with E-state index in [1.54, 1.807) is 29.3 Å². The van der Waals surface area contributed by atoms with Crippen molar-refractivity contribution in [3.8, 4) is 0 Å². The molecule has 0 aliphatic carbocycles. The first-order valence-electron chi connectivity index (χ1n) is 7.08. The Labute approximate surface area is 128 Å². The van der Waals surface area contributed by atoms with Gasteiger partial charge >= 0.3 is 0 Å². The Morgan fingerprint density at radius 2 is 2.24 bits per heavy atom. The zero-order valence-corrected chi connectivity index (χ0v) is 12.5. The van der Waals surface area contributed by atoms with Crippen molar-refractivity contribution in [2.45, 2.75) is 19.4 Å². The molecule has 2 heterocycles. The highest BCUT2D eigenvalue weighted by atomic mass is 35.5. The predicted molar refractivity (Wildman–Crippen MR) is 82.4 cm³/mol. The average Bonchev–Trinajstić information content (AvgIpc) is 2.50. The average molecular weight is 305 g/mol. The number of fused-ring (bicyclic) bond motifs is 1. The number of hydrogen-bond acceptors (Lipinski definition) is 3. The molecule has 3 rings (SSSR count). The van der Waals surface area contributed by atoms with Crippen LogP contribution in [0.25, 0.3) is 10.9 Å². The molecule has 1 N–H and O–H groups in total. The minimum atomic E-state index is -0.464. The Bertz CT molecular complexity index is 689. The lowest BCUT2D eigenvalue weighted by molar-refractivity contribution is 0.0249. The molecule has 1 saturated heterocycles. The molecule has 2 unspecified atom stereocenters. The van der Waals surface area contributed by atoms with Crippen LogP contribution in [0.5, 0.6) is 0 Å². The van der Waals surface area contributed by atoms with Crippen LogP contribution in [0.15, 0.2) is 30.5 Å². The Kier molecular flexibility index (Phi) is 3.83. The number of carbonyl (C=O) groups is 1. The lowest BCUT2D eigenvalue weighted by Gasteiger charge is -2.34. The molecule has 4 nitrogen and oxygen atoms in total. The summed E-state index contributed by atoms with van der Waals surface area (Å²) in [6.45, 7) is 3.04. The van der Waals surface area contributed by atoms with Crippen molar-refractivity contribution in [3.05, 3.63) is 41.0 Å². The number of pyridine rings is 1. The molecule has 0 spiro atoms. The summed E-state index contributed by atoms with van der Waals surface area (Å²) in [5, 5.41) is 11.3. The van der Waals surface area contributed by atoms with Crippen molar-refractivity contribution in [3.63, 3.8) is 0 Å². The lowest BCUT2D eigenvalue weighted by atomic mass is 9.95. The third-order valence-corrected chi connectivity index (χ3v) is 4.48. The summed E-state index contributed by atoms with van der Waals surface area (Å²) in [4.78, 5) is 18.7. The number of β-amino-alcohol motifs (C(OH)–C–C–N with tert-alkyl or cyclic N) is 1. The van der Waals surface area contributed by atoms with Gasteiger partial charge in [0.25, 0.3) is 5.91 Å². The summed E-state index contributed by atoms with van der Waals surface area (Å²) in [5.41, 5.74) is 1.15. The van der Waals surface area contributed by atoms with Gasteiger partial charge in [0.2, 0.25) is 0 Å². The zero-order chi connectivity index (χ0) is 15.0. The molecule has 1 fully saturated rings. The van der Waals surface area contributed by atoms with Crippen molar-refractivity contribution in [2.75, 3.05) is 13.1 Å². The van der Waals surface area contributed by atoms with Crippen molar-refractivity contribution in [1.29, 1.82) is 0 Å². The second-order valence-electron chi connectivity index (χ2n) is 5.58. The maximum absolute atomic E-state index is 12.7. The van der Waals surface area contributed by atoms with Crippen LogP contribution in [0.2, 0.25) is 5.02 Å². The lowest BCUT2D eigenvalue weighted by Crippen LogP contribution is -2.45. The molecule has 2 aromatic rings. The normalized spacial score (nSPS) is 22.5. The Balaban J connectivity index is 1.97. The van der Waals surface area contributed by atoms with Gasteiger partial charge in [-0.3, -0.25) is 9.78 Å². The van der Waals surface area contributed by atoms with Gasteiger partial charge in [-0.15, -0.1) is 0 Å². The third kappa shape index (κ3) is 2.61. The molecular formula is C16H17ClN2O2. The van der Waals surface area contributed by atoms with Crippen LogP contribution >= 0.6 is 11.6 Å². The summed E-state index contributed by atoms with van der Waals surface area (Å²) in [6, 6.07) is 7.09. The SMILES string of the molecule is CC1CCN(C(=O)c2ccc(Cl)c3cccnc23)CC1O. The predicted octanol–water partition coefficient (Wildman–Crippen LogP) is 2.73. The molecule has 0 saturated carbocycles. The molecule has 1 aliphatic rings. The first-order valence-corrected chi connectivity index (χ1v) is 7.46. The van der Waals surface area contributed by atoms with Crippen LogP contribution in [0, 0.1) is 5.92 Å². The molecule has 2 atom stereocenters. The molecule has 21 heavy (non-hydrogen) atoms. The van der Waals surface area contributed by atoms with Crippen molar-refractivity contribution in [2.24, 2.45) is 5.92 Å². The van der Waals surface area contributed by atoms with E-state index in [4.69, 9.17) is 11.6 Å². The number of piperidine rings is 1. The topological polar surface area (TPSA) is 53.4 Å². The number of likely N-dealkylation sites (tertiary alicyclic amines) is 1. The first kappa shape index (κ1) is 14.3. The Hall–Kier alpha value is -1.65. The maximum atomic E-state index is 12.7. The van der Waals surface area contributed by atoms with Crippen molar-refractivity contribution >= 4 is 28.4 Å². The highest BCUT2D eigenvalue weighted by molar-refractivity contribution is 6.36. The van der Waals surface area contributed by atoms with Crippen molar-refractivity contribution in [1.82, 2.24) is 9.88 Å². The molecule has 1 aliphatic heterocycles. The molecule has 1 amide bonds. The second kappa shape index (κ2) is 5.62. The molecule has 110 valence electrons. The van der Waals surface area contributed by atoms with Crippen LogP contribution < -0.4 is 0 Å². The number of halogens is 1. The maximum Gasteiger partial charge on any atom is 0.256 e. The zero-order valence-electron chi connectivity index (χ0n) is 11.8. The number of hydrogen-bond donors (Lipinski definition) is 1. The van der Waals surface area contributed by atoms with Gasteiger partial charge in [0.05, 0.1) is 22.2 Å². The van der Waals surface area contributed by atoms with Gasteiger partial charge in [0.1, 0.15) is 0 Å². The van der Waals surface area contributed by atoms with E-state index in [0.717, 1.165) is 11.8 Å². The fraction of sp³-hybridized carbons (Fsp3) is 0.375. The highest BCUT2D eigenvalue weighted by Crippen LogP contribution is 2.27. The summed E-state index contributed by atoms with van der Waals surface area (Å²) in [6.07, 6.45) is 2.00. The van der Waals surface area contributed by atoms with Gasteiger partial charge in [-0.1, -0.05) is 18.5 Å². The van der Waals surface area contributed by atoms with Crippen LogP contribution in [0.3, 0.4) is 0 Å². The second-order valence-corrected chi connectivity index (χ2v) is 5.99. The number of carbonyl (C=O) groups excluding carboxylic acids is 1. The number of aliphatic hydroxyl groups is 1. The van der Waals surface area contributed by atoms with E-state index in [9.17, 15) is 9.90 Å². The molecule has 0 bridgehead atoms. The van der Waals surface area contributed by atoms with E-state index in [1.165, 1.54) is 0 Å². The largest absolute Gasteiger partial charge is 0.391 e. The van der Waals surface area contributed by atoms with Gasteiger partial charge in [0.15, 0.2) is 0 Å². The van der Waals surface area contributed by atoms with Crippen LogP contribution in [-0.4, -0.2) is 40.1 Å². The van der Waals surface area contributed by atoms with E-state index < -0.39 is 6.10 Å². The number of aromatic nitrogens is 1. The number of nitrogens with zero attached hydrogens (tertiary/aromatic N) is 2. The smallest absolute Gasteiger partial charge is 0.256 e. The van der Waals surface area contributed by atoms with Gasteiger partial charge in [-0.2, -0.15) is 0 Å². The van der Waals surface area contributed by atoms with Crippen LogP contribution in [0.1, 0.15) is 23.7 Å². The van der Waals surface area contributed by atoms with E-state index in [2.05, 4.69) is 4.98 Å². The van der Waals surface area contributed by atoms with Gasteiger partial charge in [-0.25, -0.2) is 0 Å².